The SMILES string of the molecule is CCc1ccc2c(c1)C(=O)C(=O)N2CN(C)Cc1ccccc1N1CCCCC1. The van der Waals surface area contributed by atoms with Crippen LogP contribution in [0.25, 0.3) is 0 Å². The van der Waals surface area contributed by atoms with Crippen molar-refractivity contribution in [3.63, 3.8) is 0 Å². The van der Waals surface area contributed by atoms with Crippen LogP contribution in [-0.2, 0) is 17.8 Å². The van der Waals surface area contributed by atoms with Gasteiger partial charge in [-0.25, -0.2) is 0 Å². The van der Waals surface area contributed by atoms with E-state index in [4.69, 9.17) is 0 Å². The summed E-state index contributed by atoms with van der Waals surface area (Å²) >= 11 is 0. The van der Waals surface area contributed by atoms with Gasteiger partial charge in [0.25, 0.3) is 5.78 Å². The van der Waals surface area contributed by atoms with E-state index < -0.39 is 11.7 Å². The van der Waals surface area contributed by atoms with Crippen molar-refractivity contribution in [1.29, 1.82) is 0 Å². The number of hydrogen-bond acceptors (Lipinski definition) is 4. The summed E-state index contributed by atoms with van der Waals surface area (Å²) in [5.41, 5.74) is 4.90. The molecular weight excluding hydrogens is 362 g/mol. The van der Waals surface area contributed by atoms with E-state index in [1.807, 2.05) is 32.2 Å². The summed E-state index contributed by atoms with van der Waals surface area (Å²) in [5.74, 6) is -0.818. The Morgan fingerprint density at radius 1 is 0.966 bits per heavy atom. The van der Waals surface area contributed by atoms with Crippen molar-refractivity contribution in [2.75, 3.05) is 36.6 Å². The van der Waals surface area contributed by atoms with Gasteiger partial charge in [0, 0.05) is 25.3 Å². The number of hydrogen-bond donors (Lipinski definition) is 0. The molecule has 2 aliphatic heterocycles. The fourth-order valence-electron chi connectivity index (χ4n) is 4.38. The van der Waals surface area contributed by atoms with Gasteiger partial charge < -0.3 is 4.90 Å². The monoisotopic (exact) mass is 391 g/mol. The number of ketones is 1. The van der Waals surface area contributed by atoms with Crippen molar-refractivity contribution in [1.82, 2.24) is 4.90 Å². The number of aryl methyl sites for hydroxylation is 1. The second-order valence-electron chi connectivity index (χ2n) is 8.10. The van der Waals surface area contributed by atoms with Crippen molar-refractivity contribution in [2.45, 2.75) is 39.2 Å². The lowest BCUT2D eigenvalue weighted by molar-refractivity contribution is -0.114. The topological polar surface area (TPSA) is 43.9 Å². The first-order valence-corrected chi connectivity index (χ1v) is 10.6. The summed E-state index contributed by atoms with van der Waals surface area (Å²) in [4.78, 5) is 31.3. The van der Waals surface area contributed by atoms with Gasteiger partial charge in [-0.1, -0.05) is 31.2 Å². The number of para-hydroxylation sites is 1. The third kappa shape index (κ3) is 3.92. The summed E-state index contributed by atoms with van der Waals surface area (Å²) in [7, 11) is 2.00. The van der Waals surface area contributed by atoms with Gasteiger partial charge in [0.2, 0.25) is 0 Å². The number of carbonyl (C=O) groups excluding carboxylic acids is 2. The van der Waals surface area contributed by atoms with E-state index in [-0.39, 0.29) is 0 Å². The molecule has 0 N–H and O–H groups in total. The lowest BCUT2D eigenvalue weighted by atomic mass is 10.1. The largest absolute Gasteiger partial charge is 0.371 e. The maximum atomic E-state index is 12.6. The van der Waals surface area contributed by atoms with Crippen LogP contribution >= 0.6 is 0 Å². The molecule has 0 aromatic heterocycles. The molecule has 152 valence electrons. The molecule has 1 amide bonds. The minimum atomic E-state index is -0.426. The lowest BCUT2D eigenvalue weighted by Gasteiger charge is -2.32. The molecule has 5 nitrogen and oxygen atoms in total. The Morgan fingerprint density at radius 2 is 1.72 bits per heavy atom. The zero-order valence-corrected chi connectivity index (χ0v) is 17.4. The number of rotatable bonds is 6. The molecule has 5 heteroatoms. The van der Waals surface area contributed by atoms with Gasteiger partial charge in [-0.2, -0.15) is 0 Å². The minimum absolute atomic E-state index is 0.391. The van der Waals surface area contributed by atoms with E-state index in [1.54, 1.807) is 4.90 Å². The molecular formula is C24H29N3O2. The molecule has 0 spiro atoms. The summed E-state index contributed by atoms with van der Waals surface area (Å²) in [6.45, 7) is 5.39. The summed E-state index contributed by atoms with van der Waals surface area (Å²) in [6.07, 6.45) is 4.64. The molecule has 2 aliphatic rings. The van der Waals surface area contributed by atoms with Gasteiger partial charge in [-0.05, 0) is 62.1 Å². The van der Waals surface area contributed by atoms with E-state index in [0.29, 0.717) is 12.2 Å². The normalized spacial score (nSPS) is 16.7. The molecule has 0 atom stereocenters. The summed E-state index contributed by atoms with van der Waals surface area (Å²) < 4.78 is 0. The Bertz CT molecular complexity index is 918. The first-order chi connectivity index (χ1) is 14.1. The average Bonchev–Trinajstić information content (AvgIpc) is 2.99. The standard InChI is InChI=1S/C24H29N3O2/c1-3-18-11-12-22-20(15-18)23(28)24(29)27(22)17-25(2)16-19-9-5-6-10-21(19)26-13-7-4-8-14-26/h5-6,9-12,15H,3-4,7-8,13-14,16-17H2,1-2H3. The zero-order valence-electron chi connectivity index (χ0n) is 17.4. The van der Waals surface area contributed by atoms with Crippen LogP contribution in [0.3, 0.4) is 0 Å². The number of piperidine rings is 1. The molecule has 0 bridgehead atoms. The van der Waals surface area contributed by atoms with E-state index in [2.05, 4.69) is 34.1 Å². The minimum Gasteiger partial charge on any atom is -0.371 e. The Kier molecular flexibility index (Phi) is 5.67. The zero-order chi connectivity index (χ0) is 20.4. The van der Waals surface area contributed by atoms with Gasteiger partial charge >= 0.3 is 5.91 Å². The fourth-order valence-corrected chi connectivity index (χ4v) is 4.38. The molecule has 1 fully saturated rings. The Morgan fingerprint density at radius 3 is 2.48 bits per heavy atom. The third-order valence-corrected chi connectivity index (χ3v) is 5.96. The highest BCUT2D eigenvalue weighted by molar-refractivity contribution is 6.52. The third-order valence-electron chi connectivity index (χ3n) is 5.96. The fraction of sp³-hybridized carbons (Fsp3) is 0.417. The van der Waals surface area contributed by atoms with Crippen LogP contribution in [0.5, 0.6) is 0 Å². The van der Waals surface area contributed by atoms with Crippen molar-refractivity contribution in [3.05, 3.63) is 59.2 Å². The molecule has 2 aromatic carbocycles. The highest BCUT2D eigenvalue weighted by atomic mass is 16.2. The smallest absolute Gasteiger partial charge is 0.300 e. The van der Waals surface area contributed by atoms with Crippen LogP contribution in [0.1, 0.15) is 47.7 Å². The first kappa shape index (κ1) is 19.6. The number of amides is 1. The van der Waals surface area contributed by atoms with Crippen LogP contribution in [-0.4, -0.2) is 43.4 Å². The molecule has 2 heterocycles. The van der Waals surface area contributed by atoms with Crippen LogP contribution in [0.15, 0.2) is 42.5 Å². The molecule has 2 aromatic rings. The lowest BCUT2D eigenvalue weighted by Crippen LogP contribution is -2.39. The highest BCUT2D eigenvalue weighted by Crippen LogP contribution is 2.31. The predicted molar refractivity (Wildman–Crippen MR) is 116 cm³/mol. The number of benzene rings is 2. The van der Waals surface area contributed by atoms with Crippen molar-refractivity contribution in [3.8, 4) is 0 Å². The van der Waals surface area contributed by atoms with E-state index in [9.17, 15) is 9.59 Å². The Balaban J connectivity index is 1.51. The van der Waals surface area contributed by atoms with Crippen LogP contribution < -0.4 is 9.80 Å². The molecule has 0 saturated carbocycles. The average molecular weight is 392 g/mol. The number of fused-ring (bicyclic) bond motifs is 1. The van der Waals surface area contributed by atoms with Crippen LogP contribution in [0.4, 0.5) is 11.4 Å². The van der Waals surface area contributed by atoms with E-state index in [1.165, 1.54) is 30.5 Å². The van der Waals surface area contributed by atoms with Crippen LogP contribution in [0.2, 0.25) is 0 Å². The molecule has 0 aliphatic carbocycles. The first-order valence-electron chi connectivity index (χ1n) is 10.6. The predicted octanol–water partition coefficient (Wildman–Crippen LogP) is 3.86. The molecule has 29 heavy (non-hydrogen) atoms. The quantitative estimate of drug-likeness (QED) is 0.702. The van der Waals surface area contributed by atoms with Crippen molar-refractivity contribution in [2.24, 2.45) is 0 Å². The summed E-state index contributed by atoms with van der Waals surface area (Å²) in [5, 5.41) is 0. The van der Waals surface area contributed by atoms with Gasteiger partial charge in [0.1, 0.15) is 0 Å². The van der Waals surface area contributed by atoms with Gasteiger partial charge in [0.15, 0.2) is 0 Å². The Labute approximate surface area is 172 Å². The van der Waals surface area contributed by atoms with Crippen molar-refractivity contribution < 1.29 is 9.59 Å². The molecule has 0 unspecified atom stereocenters. The molecule has 1 saturated heterocycles. The second-order valence-corrected chi connectivity index (χ2v) is 8.10. The van der Waals surface area contributed by atoms with Gasteiger partial charge in [-0.15, -0.1) is 0 Å². The van der Waals surface area contributed by atoms with Gasteiger partial charge in [-0.3, -0.25) is 19.4 Å². The molecule has 4 rings (SSSR count). The number of Topliss-reactive ketones (excluding diaryl/α,β-unsaturated/α-hetero) is 1. The maximum Gasteiger partial charge on any atom is 0.300 e. The van der Waals surface area contributed by atoms with E-state index >= 15 is 0 Å². The number of nitrogens with zero attached hydrogens (tertiary/aromatic N) is 3. The maximum absolute atomic E-state index is 12.6. The second kappa shape index (κ2) is 8.37. The molecule has 0 radical (unpaired) electrons. The Hall–Kier alpha value is -2.66. The highest BCUT2D eigenvalue weighted by Gasteiger charge is 2.36. The van der Waals surface area contributed by atoms with Crippen LogP contribution in [0, 0.1) is 0 Å². The number of carbonyl (C=O) groups is 2. The van der Waals surface area contributed by atoms with E-state index in [0.717, 1.165) is 37.3 Å². The van der Waals surface area contributed by atoms with Crippen molar-refractivity contribution >= 4 is 23.1 Å². The summed E-state index contributed by atoms with van der Waals surface area (Å²) in [6, 6.07) is 14.3. The number of anilines is 2. The van der Waals surface area contributed by atoms with Gasteiger partial charge in [0.05, 0.1) is 17.9 Å².